The molecule has 0 N–H and O–H groups in total. The summed E-state index contributed by atoms with van der Waals surface area (Å²) in [6.07, 6.45) is 0. The quantitative estimate of drug-likeness (QED) is 0.135. The van der Waals surface area contributed by atoms with Crippen LogP contribution in [-0.2, 0) is 0 Å². The van der Waals surface area contributed by atoms with E-state index in [0.29, 0.717) is 0 Å². The van der Waals surface area contributed by atoms with Gasteiger partial charge in [0.2, 0.25) is 0 Å². The van der Waals surface area contributed by atoms with E-state index in [0.717, 1.165) is 11.4 Å². The Balaban J connectivity index is 0.000000132. The summed E-state index contributed by atoms with van der Waals surface area (Å²) >= 11 is 0. The molecule has 128 heavy (non-hydrogen) atoms. The summed E-state index contributed by atoms with van der Waals surface area (Å²) in [5.74, 6) is 0. The van der Waals surface area contributed by atoms with Gasteiger partial charge in [0.1, 0.15) is 0 Å². The minimum Gasteiger partial charge on any atom is -0.309 e. The van der Waals surface area contributed by atoms with Gasteiger partial charge in [-0.3, -0.25) is 0 Å². The maximum atomic E-state index is 2.45. The molecule has 0 saturated carbocycles. The third kappa shape index (κ3) is 11.0. The van der Waals surface area contributed by atoms with Crippen LogP contribution in [0.3, 0.4) is 0 Å². The molecule has 28 aromatic rings. The molecule has 0 unspecified atom stereocenters. The zero-order chi connectivity index (χ0) is 83.8. The minimum atomic E-state index is 1.15. The van der Waals surface area contributed by atoms with Crippen LogP contribution in [0.2, 0.25) is 0 Å². The van der Waals surface area contributed by atoms with Crippen LogP contribution in [0.1, 0.15) is 0 Å². The predicted molar refractivity (Wildman–Crippen MR) is 547 cm³/mol. The van der Waals surface area contributed by atoms with Crippen LogP contribution in [0.25, 0.3) is 262 Å². The Bertz CT molecular complexity index is 9590. The van der Waals surface area contributed by atoms with E-state index < -0.39 is 0 Å². The zero-order valence-electron chi connectivity index (χ0n) is 69.7. The van der Waals surface area contributed by atoms with E-state index in [2.05, 4.69) is 479 Å². The number of nitrogens with zero attached hydrogens (tertiary/aromatic N) is 4. The van der Waals surface area contributed by atoms with Crippen LogP contribution in [0, 0.1) is 0 Å². The summed E-state index contributed by atoms with van der Waals surface area (Å²) in [6.45, 7) is 0. The molecule has 0 aliphatic carbocycles. The van der Waals surface area contributed by atoms with Gasteiger partial charge in [0.15, 0.2) is 0 Å². The molecule has 0 bridgehead atoms. The maximum absolute atomic E-state index is 2.45. The Hall–Kier alpha value is -16.9. The fraction of sp³-hybridized carbons (Fsp3) is 0. The molecular formula is C124H76N4. The molecule has 592 valence electrons. The summed E-state index contributed by atoms with van der Waals surface area (Å²) < 4.78 is 9.64. The lowest BCUT2D eigenvalue weighted by Gasteiger charge is -2.16. The summed E-state index contributed by atoms with van der Waals surface area (Å²) in [5.41, 5.74) is 24.1. The van der Waals surface area contributed by atoms with E-state index in [-0.39, 0.29) is 0 Å². The molecule has 0 spiro atoms. The third-order valence-corrected chi connectivity index (χ3v) is 27.7. The van der Waals surface area contributed by atoms with E-state index in [4.69, 9.17) is 0 Å². The molecule has 0 amide bonds. The normalized spacial score (nSPS) is 12.1. The molecule has 4 nitrogen and oxygen atoms in total. The van der Waals surface area contributed by atoms with Gasteiger partial charge >= 0.3 is 0 Å². The van der Waals surface area contributed by atoms with Gasteiger partial charge in [0.05, 0.1) is 44.1 Å². The highest BCUT2D eigenvalue weighted by Crippen LogP contribution is 2.49. The molecule has 4 heteroatoms. The molecule has 0 saturated heterocycles. The molecule has 28 rings (SSSR count). The van der Waals surface area contributed by atoms with Gasteiger partial charge in [-0.15, -0.1) is 0 Å². The third-order valence-electron chi connectivity index (χ3n) is 27.7. The molecule has 0 atom stereocenters. The molecule has 0 fully saturated rings. The Morgan fingerprint density at radius 3 is 0.711 bits per heavy atom. The second kappa shape index (κ2) is 28.3. The first kappa shape index (κ1) is 71.6. The maximum Gasteiger partial charge on any atom is 0.0541 e. The Kier molecular flexibility index (Phi) is 15.8. The van der Waals surface area contributed by atoms with Crippen molar-refractivity contribution in [3.63, 3.8) is 0 Å². The highest BCUT2D eigenvalue weighted by atomic mass is 15.0. The van der Waals surface area contributed by atoms with Crippen molar-refractivity contribution >= 4 is 195 Å². The second-order valence-corrected chi connectivity index (χ2v) is 34.5. The van der Waals surface area contributed by atoms with E-state index in [1.807, 2.05) is 0 Å². The average Bonchev–Trinajstić information content (AvgIpc) is 1.19. The number of hydrogen-bond donors (Lipinski definition) is 0. The van der Waals surface area contributed by atoms with Gasteiger partial charge in [-0.05, 0) is 298 Å². The summed E-state index contributed by atoms with van der Waals surface area (Å²) in [6, 6.07) is 171. The van der Waals surface area contributed by atoms with Gasteiger partial charge in [-0.1, -0.05) is 315 Å². The summed E-state index contributed by atoms with van der Waals surface area (Å²) in [4.78, 5) is 0. The first-order valence-electron chi connectivity index (χ1n) is 44.3. The SMILES string of the molecule is c1ccc(-n2c3ccccc3c3cc(-c4ccc5c(c4)c4ccccc4n5-c4ccc5cc(-c6cc7c8ccccc8c8ccccc8c7c7ccccc67)ccc5c4)ccc32)cc1.c1ccc(-n2c3ccccc3c3cc(-c4ccc5c(c4)c4ccccc4n5-c4ccc5ccc(-c6cc7c8ccccc8c8ccccc8c7c7ccccc67)cc5c4)ccc32)cc1. The van der Waals surface area contributed by atoms with E-state index in [1.54, 1.807) is 0 Å². The van der Waals surface area contributed by atoms with Gasteiger partial charge in [-0.2, -0.15) is 0 Å². The number of hydrogen-bond acceptors (Lipinski definition) is 0. The minimum absolute atomic E-state index is 1.15. The number of para-hydroxylation sites is 6. The van der Waals surface area contributed by atoms with Gasteiger partial charge in [0, 0.05) is 65.8 Å². The number of aromatic nitrogens is 4. The standard InChI is InChI=1S/2C62H38N2/c1-2-14-44(15-3-1)63-58-24-12-10-20-50(58)55-36-41(29-32-60(55)63)42-30-33-61-56(37-42)51-21-11-13-25-59(51)64(61)45-31-28-39-34-43(27-26-40(39)35-45)54-38-57-48-18-5-4-16-46(48)47-17-6-8-22-52(47)62(57)53-23-9-7-19-49(53)54;1-2-14-44(15-3-1)63-58-24-12-10-20-50(58)55-36-40(29-32-60(55)63)41-30-33-61-56(37-41)51-21-11-13-25-59(51)64(61)45-31-28-39-26-27-42(34-43(39)35-45)54-38-57-48-18-5-4-16-46(48)47-17-6-8-22-52(47)62(57)53-23-9-7-19-49(53)54/h2*1-38H. The Labute approximate surface area is 736 Å². The lowest BCUT2D eigenvalue weighted by molar-refractivity contribution is 1.18. The van der Waals surface area contributed by atoms with E-state index >= 15 is 0 Å². The topological polar surface area (TPSA) is 19.7 Å². The molecule has 4 heterocycles. The van der Waals surface area contributed by atoms with Gasteiger partial charge < -0.3 is 18.3 Å². The van der Waals surface area contributed by atoms with Crippen LogP contribution in [0.15, 0.2) is 461 Å². The van der Waals surface area contributed by atoms with Crippen molar-refractivity contribution in [1.82, 2.24) is 18.3 Å². The van der Waals surface area contributed by atoms with E-state index in [1.165, 1.54) is 251 Å². The fourth-order valence-corrected chi connectivity index (χ4v) is 22.0. The summed E-state index contributed by atoms with van der Waals surface area (Å²) in [5, 5.41) is 35.6. The highest BCUT2D eigenvalue weighted by molar-refractivity contribution is 6.35. The van der Waals surface area contributed by atoms with Crippen molar-refractivity contribution in [3.05, 3.63) is 461 Å². The van der Waals surface area contributed by atoms with Crippen molar-refractivity contribution in [2.75, 3.05) is 0 Å². The van der Waals surface area contributed by atoms with Crippen molar-refractivity contribution in [2.24, 2.45) is 0 Å². The number of fused-ring (bicyclic) bond motifs is 30. The first-order valence-corrected chi connectivity index (χ1v) is 44.3. The average molecular weight is 1620 g/mol. The molecule has 24 aromatic carbocycles. The number of rotatable bonds is 8. The largest absolute Gasteiger partial charge is 0.309 e. The summed E-state index contributed by atoms with van der Waals surface area (Å²) in [7, 11) is 0. The monoisotopic (exact) mass is 1620 g/mol. The van der Waals surface area contributed by atoms with Crippen LogP contribution in [0.5, 0.6) is 0 Å². The Morgan fingerprint density at radius 1 is 0.109 bits per heavy atom. The lowest BCUT2D eigenvalue weighted by Crippen LogP contribution is -1.94. The molecular weight excluding hydrogens is 1550 g/mol. The van der Waals surface area contributed by atoms with Crippen LogP contribution >= 0.6 is 0 Å². The second-order valence-electron chi connectivity index (χ2n) is 34.5. The molecule has 4 aromatic heterocycles. The lowest BCUT2D eigenvalue weighted by atomic mass is 9.87. The van der Waals surface area contributed by atoms with Crippen molar-refractivity contribution in [2.45, 2.75) is 0 Å². The van der Waals surface area contributed by atoms with Crippen molar-refractivity contribution in [1.29, 1.82) is 0 Å². The van der Waals surface area contributed by atoms with Crippen molar-refractivity contribution < 1.29 is 0 Å². The van der Waals surface area contributed by atoms with E-state index in [9.17, 15) is 0 Å². The molecule has 0 radical (unpaired) electrons. The fourth-order valence-electron chi connectivity index (χ4n) is 22.0. The molecule has 0 aliphatic heterocycles. The van der Waals surface area contributed by atoms with Crippen LogP contribution < -0.4 is 0 Å². The van der Waals surface area contributed by atoms with Crippen molar-refractivity contribution in [3.8, 4) is 67.3 Å². The smallest absolute Gasteiger partial charge is 0.0541 e. The first-order chi connectivity index (χ1) is 63.5. The zero-order valence-corrected chi connectivity index (χ0v) is 69.7. The highest BCUT2D eigenvalue weighted by Gasteiger charge is 2.24. The van der Waals surface area contributed by atoms with Crippen LogP contribution in [0.4, 0.5) is 0 Å². The van der Waals surface area contributed by atoms with Gasteiger partial charge in [-0.25, -0.2) is 0 Å². The predicted octanol–water partition coefficient (Wildman–Crippen LogP) is 34.0. The van der Waals surface area contributed by atoms with Crippen LogP contribution in [-0.4, -0.2) is 18.3 Å². The van der Waals surface area contributed by atoms with Gasteiger partial charge in [0.25, 0.3) is 0 Å². The molecule has 0 aliphatic rings. The Morgan fingerprint density at radius 2 is 0.344 bits per heavy atom. The number of benzene rings is 24.